The molecule has 0 spiro atoms. The highest BCUT2D eigenvalue weighted by molar-refractivity contribution is 7.80. The fourth-order valence-corrected chi connectivity index (χ4v) is 1.44. The van der Waals surface area contributed by atoms with Crippen molar-refractivity contribution in [2.24, 2.45) is 0 Å². The lowest BCUT2D eigenvalue weighted by Crippen LogP contribution is -2.54. The Kier molecular flexibility index (Phi) is 3.32. The fourth-order valence-electron chi connectivity index (χ4n) is 1.11. The Labute approximate surface area is 77.9 Å². The number of rotatable bonds is 2. The summed E-state index contributed by atoms with van der Waals surface area (Å²) in [7, 11) is 0. The summed E-state index contributed by atoms with van der Waals surface area (Å²) < 4.78 is 5.30. The van der Waals surface area contributed by atoms with Crippen LogP contribution in [0.1, 0.15) is 13.3 Å². The Hall–Kier alpha value is -0.790. The van der Waals surface area contributed by atoms with Crippen LogP contribution in [0.5, 0.6) is 0 Å². The van der Waals surface area contributed by atoms with E-state index < -0.39 is 0 Å². The van der Waals surface area contributed by atoms with E-state index in [0.717, 1.165) is 6.42 Å². The normalized spacial score (nSPS) is 28.5. The van der Waals surface area contributed by atoms with Crippen molar-refractivity contribution in [1.29, 1.82) is 0 Å². The zero-order valence-electron chi connectivity index (χ0n) is 6.96. The van der Waals surface area contributed by atoms with Crippen LogP contribution in [0.4, 0.5) is 0 Å². The molecule has 0 radical (unpaired) electrons. The van der Waals surface area contributed by atoms with Gasteiger partial charge in [-0.05, 0) is 19.1 Å². The molecule has 0 aromatic heterocycles. The Balaban J connectivity index is 2.35. The van der Waals surface area contributed by atoms with Gasteiger partial charge in [0, 0.05) is 12.5 Å². The number of hydrogen-bond acceptors (Lipinski definition) is 2. The molecule has 0 aromatic rings. The molecule has 2 unspecified atom stereocenters. The maximum atomic E-state index is 5.30. The molecular formula is C8H12N2OS. The smallest absolute Gasteiger partial charge is 0.168 e. The Morgan fingerprint density at radius 1 is 1.75 bits per heavy atom. The third kappa shape index (κ3) is 2.68. The van der Waals surface area contributed by atoms with Gasteiger partial charge in [-0.15, -0.1) is 6.42 Å². The average Bonchev–Trinajstić information content (AvgIpc) is 1.99. The van der Waals surface area contributed by atoms with Gasteiger partial charge in [0.25, 0.3) is 0 Å². The second-order valence-corrected chi connectivity index (χ2v) is 3.17. The lowest BCUT2D eigenvalue weighted by atomic mass is 10.2. The second-order valence-electron chi connectivity index (χ2n) is 2.76. The van der Waals surface area contributed by atoms with Crippen LogP contribution in [0.2, 0.25) is 0 Å². The van der Waals surface area contributed by atoms with Crippen molar-refractivity contribution in [3.05, 3.63) is 0 Å². The first-order valence-electron chi connectivity index (χ1n) is 3.84. The number of hydrogen-bond donors (Lipinski definition) is 2. The first-order valence-corrected chi connectivity index (χ1v) is 4.25. The Bertz CT molecular complexity index is 212. The van der Waals surface area contributed by atoms with Crippen molar-refractivity contribution in [3.63, 3.8) is 0 Å². The van der Waals surface area contributed by atoms with Gasteiger partial charge in [0.1, 0.15) is 12.8 Å². The van der Waals surface area contributed by atoms with Gasteiger partial charge in [-0.1, -0.05) is 5.92 Å². The summed E-state index contributed by atoms with van der Waals surface area (Å²) in [4.78, 5) is 0. The molecular weight excluding hydrogens is 172 g/mol. The summed E-state index contributed by atoms with van der Waals surface area (Å²) >= 11 is 4.96. The van der Waals surface area contributed by atoms with Crippen molar-refractivity contribution in [3.8, 4) is 12.3 Å². The van der Waals surface area contributed by atoms with Crippen LogP contribution in [0.15, 0.2) is 0 Å². The van der Waals surface area contributed by atoms with Gasteiger partial charge in [-0.25, -0.2) is 0 Å². The van der Waals surface area contributed by atoms with E-state index in [1.54, 1.807) is 0 Å². The van der Waals surface area contributed by atoms with Crippen molar-refractivity contribution in [2.75, 3.05) is 6.61 Å². The molecule has 1 fully saturated rings. The van der Waals surface area contributed by atoms with Gasteiger partial charge in [0.05, 0.1) is 0 Å². The minimum absolute atomic E-state index is 0.0372. The minimum atomic E-state index is -0.0372. The molecule has 4 heteroatoms. The molecule has 0 amide bonds. The molecule has 1 rings (SSSR count). The van der Waals surface area contributed by atoms with E-state index in [4.69, 9.17) is 23.4 Å². The van der Waals surface area contributed by atoms with Crippen molar-refractivity contribution in [1.82, 2.24) is 10.6 Å². The van der Waals surface area contributed by atoms with Gasteiger partial charge in [0.15, 0.2) is 5.11 Å². The summed E-state index contributed by atoms with van der Waals surface area (Å²) in [5.41, 5.74) is 0. The van der Waals surface area contributed by atoms with E-state index >= 15 is 0 Å². The molecule has 1 heterocycles. The molecule has 3 nitrogen and oxygen atoms in total. The van der Waals surface area contributed by atoms with E-state index in [9.17, 15) is 0 Å². The predicted molar refractivity (Wildman–Crippen MR) is 51.5 cm³/mol. The van der Waals surface area contributed by atoms with Gasteiger partial charge in [-0.2, -0.15) is 0 Å². The highest BCUT2D eigenvalue weighted by Crippen LogP contribution is 2.04. The lowest BCUT2D eigenvalue weighted by Gasteiger charge is -2.30. The van der Waals surface area contributed by atoms with Crippen molar-refractivity contribution >= 4 is 17.3 Å². The molecule has 66 valence electrons. The number of nitrogens with one attached hydrogen (secondary N) is 2. The van der Waals surface area contributed by atoms with Crippen LogP contribution in [0.25, 0.3) is 0 Å². The van der Waals surface area contributed by atoms with Gasteiger partial charge >= 0.3 is 0 Å². The standard InChI is InChI=1S/C8H12N2OS/c1-3-4-11-7-5-6(2)9-8(12)10-7/h1,6-7H,4-5H2,2H3,(H2,9,10,12). The number of terminal acetylenes is 1. The molecule has 1 aliphatic heterocycles. The van der Waals surface area contributed by atoms with E-state index in [2.05, 4.69) is 23.5 Å². The van der Waals surface area contributed by atoms with E-state index in [1.165, 1.54) is 0 Å². The number of thiocarbonyl (C=S) groups is 1. The lowest BCUT2D eigenvalue weighted by molar-refractivity contribution is 0.0478. The summed E-state index contributed by atoms with van der Waals surface area (Å²) in [5, 5.41) is 6.69. The topological polar surface area (TPSA) is 33.3 Å². The van der Waals surface area contributed by atoms with Crippen LogP contribution >= 0.6 is 12.2 Å². The molecule has 0 aliphatic carbocycles. The Morgan fingerprint density at radius 2 is 2.50 bits per heavy atom. The van der Waals surface area contributed by atoms with Gasteiger partial charge in [-0.3, -0.25) is 0 Å². The van der Waals surface area contributed by atoms with Crippen molar-refractivity contribution in [2.45, 2.75) is 25.6 Å². The molecule has 2 atom stereocenters. The molecule has 2 N–H and O–H groups in total. The highest BCUT2D eigenvalue weighted by Gasteiger charge is 2.20. The maximum Gasteiger partial charge on any atom is 0.168 e. The van der Waals surface area contributed by atoms with Crippen molar-refractivity contribution < 1.29 is 4.74 Å². The molecule has 0 bridgehead atoms. The van der Waals surface area contributed by atoms with E-state index in [-0.39, 0.29) is 6.23 Å². The predicted octanol–water partition coefficient (Wildman–Crippen LogP) is 0.219. The quantitative estimate of drug-likeness (QED) is 0.475. The Morgan fingerprint density at radius 3 is 3.08 bits per heavy atom. The average molecular weight is 184 g/mol. The highest BCUT2D eigenvalue weighted by atomic mass is 32.1. The zero-order chi connectivity index (χ0) is 8.97. The van der Waals surface area contributed by atoms with Gasteiger partial charge < -0.3 is 15.4 Å². The van der Waals surface area contributed by atoms with Crippen LogP contribution in [0, 0.1) is 12.3 Å². The number of ether oxygens (including phenoxy) is 1. The van der Waals surface area contributed by atoms with Crippen LogP contribution in [-0.4, -0.2) is 24.0 Å². The third-order valence-corrected chi connectivity index (χ3v) is 1.84. The molecule has 0 saturated carbocycles. The first-order chi connectivity index (χ1) is 5.72. The fraction of sp³-hybridized carbons (Fsp3) is 0.625. The first kappa shape index (κ1) is 9.30. The third-order valence-electron chi connectivity index (χ3n) is 1.61. The second kappa shape index (κ2) is 4.29. The summed E-state index contributed by atoms with van der Waals surface area (Å²) in [6, 6.07) is 0.349. The van der Waals surface area contributed by atoms with E-state index in [1.807, 2.05) is 0 Å². The summed E-state index contributed by atoms with van der Waals surface area (Å²) in [6.45, 7) is 2.38. The zero-order valence-corrected chi connectivity index (χ0v) is 7.78. The van der Waals surface area contributed by atoms with Crippen LogP contribution < -0.4 is 10.6 Å². The minimum Gasteiger partial charge on any atom is -0.360 e. The van der Waals surface area contributed by atoms with Gasteiger partial charge in [0.2, 0.25) is 0 Å². The largest absolute Gasteiger partial charge is 0.360 e. The maximum absolute atomic E-state index is 5.30. The van der Waals surface area contributed by atoms with Crippen LogP contribution in [-0.2, 0) is 4.74 Å². The molecule has 0 aromatic carbocycles. The molecule has 1 saturated heterocycles. The molecule has 1 aliphatic rings. The summed E-state index contributed by atoms with van der Waals surface area (Å²) in [6.07, 6.45) is 5.90. The van der Waals surface area contributed by atoms with Crippen LogP contribution in [0.3, 0.4) is 0 Å². The summed E-state index contributed by atoms with van der Waals surface area (Å²) in [5.74, 6) is 2.42. The SMILES string of the molecule is C#CCOC1CC(C)NC(=S)N1. The van der Waals surface area contributed by atoms with E-state index in [0.29, 0.717) is 17.8 Å². The monoisotopic (exact) mass is 184 g/mol. The molecule has 12 heavy (non-hydrogen) atoms.